The van der Waals surface area contributed by atoms with Crippen LogP contribution >= 0.6 is 0 Å². The summed E-state index contributed by atoms with van der Waals surface area (Å²) in [5.74, 6) is 0. The molecule has 2 fully saturated rings. The lowest BCUT2D eigenvalue weighted by molar-refractivity contribution is 0.0227. The third kappa shape index (κ3) is 3.19. The van der Waals surface area contributed by atoms with E-state index in [0.29, 0.717) is 5.41 Å². The molecule has 0 aromatic rings. The van der Waals surface area contributed by atoms with Gasteiger partial charge < -0.3 is 15.4 Å². The van der Waals surface area contributed by atoms with Crippen molar-refractivity contribution < 1.29 is 4.74 Å². The smallest absolute Gasteiger partial charge is 0.0484 e. The van der Waals surface area contributed by atoms with Crippen molar-refractivity contribution in [2.75, 3.05) is 32.8 Å². The van der Waals surface area contributed by atoms with Crippen molar-refractivity contribution in [3.63, 3.8) is 0 Å². The van der Waals surface area contributed by atoms with Gasteiger partial charge in [0.15, 0.2) is 0 Å². The molecule has 0 aromatic heterocycles. The van der Waals surface area contributed by atoms with Crippen LogP contribution in [-0.4, -0.2) is 43.3 Å². The second kappa shape index (κ2) is 4.63. The fourth-order valence-corrected chi connectivity index (χ4v) is 3.06. The van der Waals surface area contributed by atoms with E-state index < -0.39 is 0 Å². The highest BCUT2D eigenvalue weighted by atomic mass is 16.5. The van der Waals surface area contributed by atoms with Crippen LogP contribution in [0.1, 0.15) is 39.5 Å². The third-order valence-corrected chi connectivity index (χ3v) is 4.01. The molecule has 2 saturated heterocycles. The lowest BCUT2D eigenvalue weighted by Gasteiger charge is -2.43. The van der Waals surface area contributed by atoms with Crippen LogP contribution in [-0.2, 0) is 4.74 Å². The predicted octanol–water partition coefficient (Wildman–Crippen LogP) is 1.62. The van der Waals surface area contributed by atoms with Crippen LogP contribution in [0.25, 0.3) is 0 Å². The van der Waals surface area contributed by atoms with Crippen molar-refractivity contribution in [2.24, 2.45) is 11.1 Å². The van der Waals surface area contributed by atoms with E-state index in [9.17, 15) is 0 Å². The Kier molecular flexibility index (Phi) is 3.57. The average Bonchev–Trinajstić information content (AvgIpc) is 2.16. The fraction of sp³-hybridized carbons (Fsp3) is 1.00. The summed E-state index contributed by atoms with van der Waals surface area (Å²) in [6, 6.07) is 0. The van der Waals surface area contributed by atoms with Crippen LogP contribution in [0.15, 0.2) is 0 Å². The molecule has 0 radical (unpaired) electrons. The van der Waals surface area contributed by atoms with E-state index >= 15 is 0 Å². The van der Waals surface area contributed by atoms with E-state index in [-0.39, 0.29) is 5.54 Å². The summed E-state index contributed by atoms with van der Waals surface area (Å²) in [7, 11) is 0. The molecule has 2 aliphatic heterocycles. The molecular formula is C13H26N2O. The first-order valence-electron chi connectivity index (χ1n) is 6.58. The Morgan fingerprint density at radius 1 is 1.19 bits per heavy atom. The van der Waals surface area contributed by atoms with Crippen molar-refractivity contribution in [3.8, 4) is 0 Å². The van der Waals surface area contributed by atoms with Gasteiger partial charge in [-0.1, -0.05) is 13.8 Å². The molecule has 3 nitrogen and oxygen atoms in total. The molecule has 0 atom stereocenters. The molecule has 0 saturated carbocycles. The number of nitrogens with two attached hydrogens (primary N) is 1. The van der Waals surface area contributed by atoms with Crippen molar-refractivity contribution in [1.82, 2.24) is 4.90 Å². The van der Waals surface area contributed by atoms with Crippen LogP contribution in [0.2, 0.25) is 0 Å². The highest BCUT2D eigenvalue weighted by Crippen LogP contribution is 2.30. The van der Waals surface area contributed by atoms with Gasteiger partial charge in [-0.05, 0) is 37.6 Å². The topological polar surface area (TPSA) is 38.5 Å². The van der Waals surface area contributed by atoms with Crippen molar-refractivity contribution in [2.45, 2.75) is 45.1 Å². The largest absolute Gasteiger partial charge is 0.381 e. The molecule has 2 heterocycles. The number of hydrogen-bond acceptors (Lipinski definition) is 3. The summed E-state index contributed by atoms with van der Waals surface area (Å²) in [4.78, 5) is 2.56. The normalized spacial score (nSPS) is 30.2. The van der Waals surface area contributed by atoms with E-state index in [4.69, 9.17) is 10.5 Å². The molecule has 2 N–H and O–H groups in total. The van der Waals surface area contributed by atoms with Gasteiger partial charge in [0.05, 0.1) is 0 Å². The Hall–Kier alpha value is -0.120. The van der Waals surface area contributed by atoms with Gasteiger partial charge in [-0.3, -0.25) is 0 Å². The Balaban J connectivity index is 1.88. The minimum Gasteiger partial charge on any atom is -0.381 e. The molecule has 16 heavy (non-hydrogen) atoms. The summed E-state index contributed by atoms with van der Waals surface area (Å²) in [5.41, 5.74) is 6.93. The Morgan fingerprint density at radius 3 is 2.50 bits per heavy atom. The van der Waals surface area contributed by atoms with Gasteiger partial charge in [-0.2, -0.15) is 0 Å². The Bertz CT molecular complexity index is 234. The highest BCUT2D eigenvalue weighted by Gasteiger charge is 2.33. The number of likely N-dealkylation sites (tertiary alicyclic amines) is 1. The van der Waals surface area contributed by atoms with Crippen LogP contribution in [0.4, 0.5) is 0 Å². The van der Waals surface area contributed by atoms with Crippen molar-refractivity contribution >= 4 is 0 Å². The second-order valence-corrected chi connectivity index (χ2v) is 6.45. The average molecular weight is 226 g/mol. The Labute approximate surface area is 99.3 Å². The van der Waals surface area contributed by atoms with E-state index in [1.54, 1.807) is 0 Å². The van der Waals surface area contributed by atoms with E-state index in [2.05, 4.69) is 18.7 Å². The number of ether oxygens (including phenoxy) is 1. The second-order valence-electron chi connectivity index (χ2n) is 6.45. The number of nitrogens with zero attached hydrogens (tertiary/aromatic N) is 1. The number of piperidine rings is 1. The highest BCUT2D eigenvalue weighted by molar-refractivity contribution is 4.92. The third-order valence-electron chi connectivity index (χ3n) is 4.01. The van der Waals surface area contributed by atoms with Crippen LogP contribution in [0.5, 0.6) is 0 Å². The minimum atomic E-state index is 0.00563. The summed E-state index contributed by atoms with van der Waals surface area (Å²) in [5, 5.41) is 0. The zero-order valence-electron chi connectivity index (χ0n) is 10.8. The summed E-state index contributed by atoms with van der Waals surface area (Å²) >= 11 is 0. The van der Waals surface area contributed by atoms with E-state index in [0.717, 1.165) is 32.6 Å². The van der Waals surface area contributed by atoms with Gasteiger partial charge in [-0.15, -0.1) is 0 Å². The SMILES string of the molecule is CC1(C)CCCN(CC2(N)CCOCC2)C1. The maximum Gasteiger partial charge on any atom is 0.0484 e. The quantitative estimate of drug-likeness (QED) is 0.777. The van der Waals surface area contributed by atoms with Crippen LogP contribution < -0.4 is 5.73 Å². The molecule has 2 aliphatic rings. The summed E-state index contributed by atoms with van der Waals surface area (Å²) < 4.78 is 5.40. The molecule has 0 bridgehead atoms. The van der Waals surface area contributed by atoms with Gasteiger partial charge >= 0.3 is 0 Å². The van der Waals surface area contributed by atoms with Gasteiger partial charge in [0.25, 0.3) is 0 Å². The van der Waals surface area contributed by atoms with Gasteiger partial charge in [-0.25, -0.2) is 0 Å². The first kappa shape index (κ1) is 12.3. The lowest BCUT2D eigenvalue weighted by atomic mass is 9.82. The lowest BCUT2D eigenvalue weighted by Crippen LogP contribution is -2.55. The van der Waals surface area contributed by atoms with Crippen LogP contribution in [0.3, 0.4) is 0 Å². The molecule has 94 valence electrons. The summed E-state index contributed by atoms with van der Waals surface area (Å²) in [6.07, 6.45) is 4.71. The first-order chi connectivity index (χ1) is 7.49. The van der Waals surface area contributed by atoms with Crippen molar-refractivity contribution in [3.05, 3.63) is 0 Å². The van der Waals surface area contributed by atoms with E-state index in [1.807, 2.05) is 0 Å². The van der Waals surface area contributed by atoms with E-state index in [1.165, 1.54) is 25.9 Å². The monoisotopic (exact) mass is 226 g/mol. The first-order valence-corrected chi connectivity index (χ1v) is 6.58. The summed E-state index contributed by atoms with van der Waals surface area (Å²) in [6.45, 7) is 9.90. The van der Waals surface area contributed by atoms with Gasteiger partial charge in [0.2, 0.25) is 0 Å². The zero-order chi connectivity index (χ0) is 11.6. The predicted molar refractivity (Wildman–Crippen MR) is 66.4 cm³/mol. The van der Waals surface area contributed by atoms with Gasteiger partial charge in [0, 0.05) is 31.8 Å². The number of hydrogen-bond donors (Lipinski definition) is 1. The zero-order valence-corrected chi connectivity index (χ0v) is 10.8. The maximum atomic E-state index is 6.46. The number of rotatable bonds is 2. The standard InChI is InChI=1S/C13H26N2O/c1-12(2)4-3-7-15(10-12)11-13(14)5-8-16-9-6-13/h3-11,14H2,1-2H3. The molecule has 2 rings (SSSR count). The van der Waals surface area contributed by atoms with Crippen molar-refractivity contribution in [1.29, 1.82) is 0 Å². The van der Waals surface area contributed by atoms with Gasteiger partial charge in [0.1, 0.15) is 0 Å². The maximum absolute atomic E-state index is 6.46. The molecule has 0 amide bonds. The van der Waals surface area contributed by atoms with Crippen LogP contribution in [0, 0.1) is 5.41 Å². The Morgan fingerprint density at radius 2 is 1.88 bits per heavy atom. The molecule has 0 spiro atoms. The molecule has 0 unspecified atom stereocenters. The molecule has 0 aliphatic carbocycles. The fourth-order valence-electron chi connectivity index (χ4n) is 3.06. The molecule has 0 aromatic carbocycles. The minimum absolute atomic E-state index is 0.00563. The molecular weight excluding hydrogens is 200 g/mol. The molecule has 3 heteroatoms.